The molecule has 2 aliphatic rings. The highest BCUT2D eigenvalue weighted by Gasteiger charge is 2.39. The number of fused-ring (bicyclic) bond motifs is 1. The van der Waals surface area contributed by atoms with Gasteiger partial charge in [-0.2, -0.15) is 0 Å². The third kappa shape index (κ3) is 2.68. The lowest BCUT2D eigenvalue weighted by molar-refractivity contribution is -0.127. The number of amides is 2. The molecule has 3 rings (SSSR count). The van der Waals surface area contributed by atoms with Crippen molar-refractivity contribution in [3.05, 3.63) is 35.4 Å². The summed E-state index contributed by atoms with van der Waals surface area (Å²) in [5.74, 6) is -1.48. The summed E-state index contributed by atoms with van der Waals surface area (Å²) >= 11 is 0. The fraction of sp³-hybridized carbons (Fsp3) is 0.438. The zero-order chi connectivity index (χ0) is 15.7. The van der Waals surface area contributed by atoms with E-state index in [2.05, 4.69) is 5.32 Å². The van der Waals surface area contributed by atoms with Crippen LogP contribution in [0.3, 0.4) is 0 Å². The fourth-order valence-electron chi connectivity index (χ4n) is 3.35. The van der Waals surface area contributed by atoms with Crippen molar-refractivity contribution >= 4 is 17.8 Å². The molecule has 1 aliphatic carbocycles. The lowest BCUT2D eigenvalue weighted by Crippen LogP contribution is -2.62. The van der Waals surface area contributed by atoms with E-state index in [0.29, 0.717) is 5.56 Å². The SMILES string of the molecule is O=C1CN(C(=O)c2cccc(C(=O)O)c2)C2CCCCC2N1. The molecule has 1 heterocycles. The van der Waals surface area contributed by atoms with Crippen molar-refractivity contribution in [3.63, 3.8) is 0 Å². The van der Waals surface area contributed by atoms with Crippen molar-refractivity contribution < 1.29 is 19.5 Å². The molecule has 1 saturated heterocycles. The fourth-order valence-corrected chi connectivity index (χ4v) is 3.35. The second-order valence-corrected chi connectivity index (χ2v) is 5.84. The van der Waals surface area contributed by atoms with Gasteiger partial charge in [0, 0.05) is 11.6 Å². The summed E-state index contributed by atoms with van der Waals surface area (Å²) in [4.78, 5) is 37.2. The zero-order valence-electron chi connectivity index (χ0n) is 12.1. The van der Waals surface area contributed by atoms with Crippen molar-refractivity contribution in [1.29, 1.82) is 0 Å². The van der Waals surface area contributed by atoms with Crippen LogP contribution in [0.25, 0.3) is 0 Å². The van der Waals surface area contributed by atoms with Gasteiger partial charge in [-0.25, -0.2) is 4.79 Å². The average molecular weight is 302 g/mol. The molecule has 2 unspecified atom stereocenters. The van der Waals surface area contributed by atoms with Crippen LogP contribution in [-0.2, 0) is 4.79 Å². The van der Waals surface area contributed by atoms with Gasteiger partial charge >= 0.3 is 5.97 Å². The number of hydrogen-bond acceptors (Lipinski definition) is 3. The van der Waals surface area contributed by atoms with E-state index in [-0.39, 0.29) is 36.0 Å². The van der Waals surface area contributed by atoms with Gasteiger partial charge < -0.3 is 15.3 Å². The Hall–Kier alpha value is -2.37. The van der Waals surface area contributed by atoms with Crippen molar-refractivity contribution in [2.24, 2.45) is 0 Å². The first-order chi connectivity index (χ1) is 10.6. The molecule has 2 N–H and O–H groups in total. The largest absolute Gasteiger partial charge is 0.478 e. The van der Waals surface area contributed by atoms with E-state index in [4.69, 9.17) is 5.11 Å². The Kier molecular flexibility index (Phi) is 3.83. The van der Waals surface area contributed by atoms with Crippen LogP contribution in [-0.4, -0.2) is 46.4 Å². The van der Waals surface area contributed by atoms with E-state index in [1.807, 2.05) is 0 Å². The summed E-state index contributed by atoms with van der Waals surface area (Å²) in [6, 6.07) is 5.99. The van der Waals surface area contributed by atoms with E-state index in [9.17, 15) is 14.4 Å². The van der Waals surface area contributed by atoms with Gasteiger partial charge in [-0.15, -0.1) is 0 Å². The Morgan fingerprint density at radius 1 is 1.18 bits per heavy atom. The molecule has 2 atom stereocenters. The standard InChI is InChI=1S/C16H18N2O4/c19-14-9-18(13-7-2-1-6-12(13)17-14)15(20)10-4-3-5-11(8-10)16(21)22/h3-5,8,12-13H,1-2,6-7,9H2,(H,17,19)(H,21,22). The molecule has 1 aromatic rings. The quantitative estimate of drug-likeness (QED) is 0.861. The number of carbonyl (C=O) groups is 3. The number of carbonyl (C=O) groups excluding carboxylic acids is 2. The van der Waals surface area contributed by atoms with Gasteiger partial charge in [0.25, 0.3) is 5.91 Å². The third-order valence-corrected chi connectivity index (χ3v) is 4.41. The normalized spacial score (nSPS) is 24.4. The molecule has 0 radical (unpaired) electrons. The molecule has 6 heteroatoms. The van der Waals surface area contributed by atoms with Crippen LogP contribution in [0.4, 0.5) is 0 Å². The summed E-state index contributed by atoms with van der Waals surface area (Å²) in [5, 5.41) is 12.0. The van der Waals surface area contributed by atoms with Crippen LogP contribution in [0, 0.1) is 0 Å². The Morgan fingerprint density at radius 2 is 1.91 bits per heavy atom. The van der Waals surface area contributed by atoms with E-state index in [0.717, 1.165) is 25.7 Å². The second-order valence-electron chi connectivity index (χ2n) is 5.84. The highest BCUT2D eigenvalue weighted by atomic mass is 16.4. The van der Waals surface area contributed by atoms with Crippen LogP contribution in [0.1, 0.15) is 46.4 Å². The number of nitrogens with one attached hydrogen (secondary N) is 1. The van der Waals surface area contributed by atoms with Crippen LogP contribution < -0.4 is 5.32 Å². The number of aromatic carboxylic acids is 1. The van der Waals surface area contributed by atoms with Gasteiger partial charge in [0.15, 0.2) is 0 Å². The van der Waals surface area contributed by atoms with Gasteiger partial charge in [-0.3, -0.25) is 9.59 Å². The molecule has 1 aromatic carbocycles. The highest BCUT2D eigenvalue weighted by molar-refractivity contribution is 5.99. The van der Waals surface area contributed by atoms with E-state index >= 15 is 0 Å². The molecule has 0 spiro atoms. The average Bonchev–Trinajstić information content (AvgIpc) is 2.53. The monoisotopic (exact) mass is 302 g/mol. The van der Waals surface area contributed by atoms with Gasteiger partial charge in [-0.05, 0) is 31.0 Å². The summed E-state index contributed by atoms with van der Waals surface area (Å²) in [5.41, 5.74) is 0.395. The number of nitrogens with zero attached hydrogens (tertiary/aromatic N) is 1. The summed E-state index contributed by atoms with van der Waals surface area (Å²) < 4.78 is 0. The molecular formula is C16H18N2O4. The van der Waals surface area contributed by atoms with Crippen molar-refractivity contribution in [2.75, 3.05) is 6.54 Å². The minimum absolute atomic E-state index is 0.00688. The molecule has 0 aromatic heterocycles. The Balaban J connectivity index is 1.87. The highest BCUT2D eigenvalue weighted by Crippen LogP contribution is 2.27. The van der Waals surface area contributed by atoms with Crippen LogP contribution in [0.5, 0.6) is 0 Å². The Morgan fingerprint density at radius 3 is 2.68 bits per heavy atom. The van der Waals surface area contributed by atoms with Crippen molar-refractivity contribution in [3.8, 4) is 0 Å². The molecule has 116 valence electrons. The first kappa shape index (κ1) is 14.6. The van der Waals surface area contributed by atoms with E-state index in [1.54, 1.807) is 17.0 Å². The first-order valence-electron chi connectivity index (χ1n) is 7.50. The van der Waals surface area contributed by atoms with Crippen molar-refractivity contribution in [1.82, 2.24) is 10.2 Å². The first-order valence-corrected chi connectivity index (χ1v) is 7.50. The Bertz CT molecular complexity index is 628. The minimum atomic E-state index is -1.07. The van der Waals surface area contributed by atoms with Crippen LogP contribution in [0.2, 0.25) is 0 Å². The number of rotatable bonds is 2. The molecule has 2 amide bonds. The Labute approximate surface area is 128 Å². The number of piperazine rings is 1. The molecule has 1 aliphatic heterocycles. The molecule has 22 heavy (non-hydrogen) atoms. The molecule has 2 fully saturated rings. The van der Waals surface area contributed by atoms with Gasteiger partial charge in [0.1, 0.15) is 6.54 Å². The van der Waals surface area contributed by atoms with Crippen LogP contribution in [0.15, 0.2) is 24.3 Å². The lowest BCUT2D eigenvalue weighted by Gasteiger charge is -2.44. The number of hydrogen-bond donors (Lipinski definition) is 2. The second kappa shape index (κ2) is 5.79. The predicted molar refractivity (Wildman–Crippen MR) is 78.6 cm³/mol. The maximum absolute atomic E-state index is 12.7. The molecule has 0 bridgehead atoms. The maximum atomic E-state index is 12.7. The number of carboxylic acids is 1. The smallest absolute Gasteiger partial charge is 0.335 e. The van der Waals surface area contributed by atoms with E-state index < -0.39 is 5.97 Å². The summed E-state index contributed by atoms with van der Waals surface area (Å²) in [6.45, 7) is 0.0390. The predicted octanol–water partition coefficient (Wildman–Crippen LogP) is 1.27. The molecule has 1 saturated carbocycles. The lowest BCUT2D eigenvalue weighted by atomic mass is 9.87. The maximum Gasteiger partial charge on any atom is 0.335 e. The number of carboxylic acid groups (broad SMARTS) is 1. The molecular weight excluding hydrogens is 284 g/mol. The van der Waals surface area contributed by atoms with Crippen molar-refractivity contribution in [2.45, 2.75) is 37.8 Å². The van der Waals surface area contributed by atoms with Gasteiger partial charge in [-0.1, -0.05) is 18.9 Å². The van der Waals surface area contributed by atoms with Gasteiger partial charge in [0.2, 0.25) is 5.91 Å². The third-order valence-electron chi connectivity index (χ3n) is 4.41. The molecule has 6 nitrogen and oxygen atoms in total. The van der Waals surface area contributed by atoms with Crippen LogP contribution >= 0.6 is 0 Å². The minimum Gasteiger partial charge on any atom is -0.478 e. The van der Waals surface area contributed by atoms with E-state index in [1.165, 1.54) is 12.1 Å². The summed E-state index contributed by atoms with van der Waals surface area (Å²) in [6.07, 6.45) is 3.85. The van der Waals surface area contributed by atoms with Gasteiger partial charge in [0.05, 0.1) is 11.6 Å². The topological polar surface area (TPSA) is 86.7 Å². The zero-order valence-corrected chi connectivity index (χ0v) is 12.1. The number of benzene rings is 1. The summed E-state index contributed by atoms with van der Waals surface area (Å²) in [7, 11) is 0.